The molecule has 1 aliphatic rings. The molecule has 1 aromatic rings. The predicted molar refractivity (Wildman–Crippen MR) is 44.7 cm³/mol. The van der Waals surface area contributed by atoms with Crippen LogP contribution in [-0.2, 0) is 13.6 Å². The molecule has 1 aromatic heterocycles. The maximum atomic E-state index is 9.02. The van der Waals surface area contributed by atoms with Crippen LogP contribution in [0.2, 0.25) is 0 Å². The highest BCUT2D eigenvalue weighted by Gasteiger charge is 2.41. The molecule has 1 aliphatic carbocycles. The van der Waals surface area contributed by atoms with E-state index >= 15 is 0 Å². The van der Waals surface area contributed by atoms with E-state index in [1.54, 1.807) is 7.05 Å². The minimum Gasteiger partial charge on any atom is -0.394 e. The number of aliphatic hydroxyl groups excluding tert-OH is 1. The van der Waals surface area contributed by atoms with Crippen LogP contribution in [0.5, 0.6) is 0 Å². The molecule has 2 N–H and O–H groups in total. The second kappa shape index (κ2) is 3.04. The summed E-state index contributed by atoms with van der Waals surface area (Å²) in [6.45, 7) is 0.766. The molecule has 6 heteroatoms. The molecule has 0 bridgehead atoms. The van der Waals surface area contributed by atoms with Gasteiger partial charge in [-0.05, 0) is 18.1 Å². The summed E-state index contributed by atoms with van der Waals surface area (Å²) in [5, 5.41) is 23.8. The molecule has 2 rings (SSSR count). The first-order valence-corrected chi connectivity index (χ1v) is 4.33. The number of hydrogen-bond acceptors (Lipinski definition) is 5. The number of hydrogen-bond donors (Lipinski definition) is 2. The molecular formula is C7H13N5O. The minimum absolute atomic E-state index is 0.0563. The summed E-state index contributed by atoms with van der Waals surface area (Å²) in [5.74, 6) is 0.669. The molecule has 6 nitrogen and oxygen atoms in total. The lowest BCUT2D eigenvalue weighted by Gasteiger charge is -2.11. The van der Waals surface area contributed by atoms with E-state index in [2.05, 4.69) is 20.7 Å². The van der Waals surface area contributed by atoms with Crippen molar-refractivity contribution in [3.05, 3.63) is 5.82 Å². The second-order valence-corrected chi connectivity index (χ2v) is 3.49. The summed E-state index contributed by atoms with van der Waals surface area (Å²) >= 11 is 0. The summed E-state index contributed by atoms with van der Waals surface area (Å²) in [4.78, 5) is 1.43. The van der Waals surface area contributed by atoms with Crippen molar-refractivity contribution in [2.45, 2.75) is 24.9 Å². The molecule has 72 valence electrons. The van der Waals surface area contributed by atoms with Crippen LogP contribution in [0, 0.1) is 0 Å². The Balaban J connectivity index is 1.86. The van der Waals surface area contributed by atoms with Crippen molar-refractivity contribution in [2.24, 2.45) is 7.05 Å². The Kier molecular flexibility index (Phi) is 2.01. The third kappa shape index (κ3) is 1.84. The predicted octanol–water partition coefficient (Wildman–Crippen LogP) is -1.18. The van der Waals surface area contributed by atoms with Crippen LogP contribution in [0.1, 0.15) is 18.7 Å². The van der Waals surface area contributed by atoms with Crippen molar-refractivity contribution in [1.82, 2.24) is 25.5 Å². The van der Waals surface area contributed by atoms with Crippen molar-refractivity contribution in [2.75, 3.05) is 6.61 Å². The summed E-state index contributed by atoms with van der Waals surface area (Å²) < 4.78 is 0. The van der Waals surface area contributed by atoms with Gasteiger partial charge in [0, 0.05) is 5.54 Å². The number of rotatable bonds is 4. The highest BCUT2D eigenvalue weighted by molar-refractivity contribution is 5.02. The van der Waals surface area contributed by atoms with Gasteiger partial charge in [-0.3, -0.25) is 0 Å². The normalized spacial score (nSPS) is 18.9. The number of aliphatic hydroxyl groups is 1. The summed E-state index contributed by atoms with van der Waals surface area (Å²) in [6.07, 6.45) is 2.06. The molecule has 0 saturated heterocycles. The van der Waals surface area contributed by atoms with Gasteiger partial charge in [0.2, 0.25) is 0 Å². The van der Waals surface area contributed by atoms with Crippen LogP contribution < -0.4 is 5.32 Å². The van der Waals surface area contributed by atoms with E-state index in [4.69, 9.17) is 5.11 Å². The van der Waals surface area contributed by atoms with Gasteiger partial charge in [-0.25, -0.2) is 0 Å². The first-order valence-electron chi connectivity index (χ1n) is 4.33. The SMILES string of the molecule is Cn1nnc(CNC2(CO)CC2)n1. The van der Waals surface area contributed by atoms with E-state index in [9.17, 15) is 0 Å². The van der Waals surface area contributed by atoms with Gasteiger partial charge in [-0.15, -0.1) is 10.2 Å². The maximum Gasteiger partial charge on any atom is 0.188 e. The Hall–Kier alpha value is -1.01. The van der Waals surface area contributed by atoms with Gasteiger partial charge >= 0.3 is 0 Å². The smallest absolute Gasteiger partial charge is 0.188 e. The standard InChI is InChI=1S/C7H13N5O/c1-12-10-6(9-11-12)4-8-7(5-13)2-3-7/h8,13H,2-5H2,1H3. The Morgan fingerprint density at radius 2 is 2.38 bits per heavy atom. The van der Waals surface area contributed by atoms with E-state index in [1.807, 2.05) is 0 Å². The molecule has 0 radical (unpaired) electrons. The molecule has 0 unspecified atom stereocenters. The fourth-order valence-corrected chi connectivity index (χ4v) is 1.20. The summed E-state index contributed by atoms with van der Waals surface area (Å²) in [7, 11) is 1.73. The molecule has 0 atom stereocenters. The van der Waals surface area contributed by atoms with Crippen LogP contribution in [0.4, 0.5) is 0 Å². The van der Waals surface area contributed by atoms with Gasteiger partial charge in [-0.1, -0.05) is 0 Å². The second-order valence-electron chi connectivity index (χ2n) is 3.49. The third-order valence-corrected chi connectivity index (χ3v) is 2.33. The summed E-state index contributed by atoms with van der Waals surface area (Å²) in [5.41, 5.74) is -0.0563. The number of aryl methyl sites for hydroxylation is 1. The quantitative estimate of drug-likeness (QED) is 0.615. The van der Waals surface area contributed by atoms with E-state index in [1.165, 1.54) is 4.80 Å². The first kappa shape index (κ1) is 8.58. The van der Waals surface area contributed by atoms with Gasteiger partial charge in [0.1, 0.15) is 0 Å². The van der Waals surface area contributed by atoms with Gasteiger partial charge in [0.05, 0.1) is 20.2 Å². The summed E-state index contributed by atoms with van der Waals surface area (Å²) in [6, 6.07) is 0. The molecular weight excluding hydrogens is 170 g/mol. The highest BCUT2D eigenvalue weighted by Crippen LogP contribution is 2.34. The number of nitrogens with one attached hydrogen (secondary N) is 1. The minimum atomic E-state index is -0.0563. The van der Waals surface area contributed by atoms with E-state index in [0.29, 0.717) is 12.4 Å². The van der Waals surface area contributed by atoms with Gasteiger partial charge < -0.3 is 10.4 Å². The fraction of sp³-hybridized carbons (Fsp3) is 0.857. The van der Waals surface area contributed by atoms with E-state index in [0.717, 1.165) is 12.8 Å². The van der Waals surface area contributed by atoms with Crippen LogP contribution in [-0.4, -0.2) is 37.5 Å². The van der Waals surface area contributed by atoms with E-state index < -0.39 is 0 Å². The topological polar surface area (TPSA) is 75.9 Å². The zero-order chi connectivity index (χ0) is 9.31. The number of nitrogens with zero attached hydrogens (tertiary/aromatic N) is 4. The molecule has 13 heavy (non-hydrogen) atoms. The van der Waals surface area contributed by atoms with Crippen LogP contribution in [0.15, 0.2) is 0 Å². The average molecular weight is 183 g/mol. The zero-order valence-corrected chi connectivity index (χ0v) is 7.56. The number of tetrazole rings is 1. The van der Waals surface area contributed by atoms with Gasteiger partial charge in [0.15, 0.2) is 5.82 Å². The lowest BCUT2D eigenvalue weighted by atomic mass is 10.3. The Labute approximate surface area is 75.9 Å². The largest absolute Gasteiger partial charge is 0.394 e. The van der Waals surface area contributed by atoms with Crippen LogP contribution >= 0.6 is 0 Å². The molecule has 0 aliphatic heterocycles. The number of aromatic nitrogens is 4. The van der Waals surface area contributed by atoms with Crippen LogP contribution in [0.25, 0.3) is 0 Å². The Morgan fingerprint density at radius 3 is 2.85 bits per heavy atom. The Morgan fingerprint density at radius 1 is 1.62 bits per heavy atom. The van der Waals surface area contributed by atoms with Gasteiger partial charge in [0.25, 0.3) is 0 Å². The van der Waals surface area contributed by atoms with Crippen molar-refractivity contribution in [3.63, 3.8) is 0 Å². The first-order chi connectivity index (χ1) is 6.24. The molecule has 1 saturated carbocycles. The van der Waals surface area contributed by atoms with E-state index in [-0.39, 0.29) is 12.1 Å². The molecule has 0 aromatic carbocycles. The average Bonchev–Trinajstić information content (AvgIpc) is 2.81. The van der Waals surface area contributed by atoms with Crippen molar-refractivity contribution in [1.29, 1.82) is 0 Å². The van der Waals surface area contributed by atoms with Crippen molar-refractivity contribution in [3.8, 4) is 0 Å². The lowest BCUT2D eigenvalue weighted by Crippen LogP contribution is -2.34. The lowest BCUT2D eigenvalue weighted by molar-refractivity contribution is 0.229. The van der Waals surface area contributed by atoms with Crippen molar-refractivity contribution < 1.29 is 5.11 Å². The molecule has 0 amide bonds. The zero-order valence-electron chi connectivity index (χ0n) is 7.56. The fourth-order valence-electron chi connectivity index (χ4n) is 1.20. The molecule has 0 spiro atoms. The van der Waals surface area contributed by atoms with Crippen LogP contribution in [0.3, 0.4) is 0 Å². The highest BCUT2D eigenvalue weighted by atomic mass is 16.3. The Bertz CT molecular complexity index is 293. The monoisotopic (exact) mass is 183 g/mol. The van der Waals surface area contributed by atoms with Crippen molar-refractivity contribution >= 4 is 0 Å². The maximum absolute atomic E-state index is 9.02. The molecule has 1 heterocycles. The third-order valence-electron chi connectivity index (χ3n) is 2.33. The van der Waals surface area contributed by atoms with Gasteiger partial charge in [-0.2, -0.15) is 4.80 Å². The molecule has 1 fully saturated rings.